The maximum Gasteiger partial charge on any atom is 0.240 e. The van der Waals surface area contributed by atoms with E-state index in [2.05, 4.69) is 9.97 Å². The Bertz CT molecular complexity index is 462. The molecule has 1 amide bonds. The Morgan fingerprint density at radius 3 is 2.63 bits per heavy atom. The molecule has 0 unspecified atom stereocenters. The number of hydrogen-bond donors (Lipinski definition) is 1. The van der Waals surface area contributed by atoms with Crippen LogP contribution in [0.15, 0.2) is 12.4 Å². The van der Waals surface area contributed by atoms with Crippen LogP contribution < -0.4 is 5.73 Å². The minimum atomic E-state index is -0.476. The summed E-state index contributed by atoms with van der Waals surface area (Å²) in [6.45, 7) is 4.28. The molecule has 1 heterocycles. The van der Waals surface area contributed by atoms with Gasteiger partial charge in [0.15, 0.2) is 5.15 Å². The highest BCUT2D eigenvalue weighted by Crippen LogP contribution is 2.29. The Balaban J connectivity index is 2.13. The fourth-order valence-electron chi connectivity index (χ4n) is 1.87. The van der Waals surface area contributed by atoms with Crippen molar-refractivity contribution in [3.05, 3.63) is 23.2 Å². The van der Waals surface area contributed by atoms with Crippen molar-refractivity contribution < 1.29 is 4.79 Å². The van der Waals surface area contributed by atoms with E-state index in [-0.39, 0.29) is 17.9 Å². The van der Waals surface area contributed by atoms with Gasteiger partial charge < -0.3 is 10.6 Å². The second-order valence-corrected chi connectivity index (χ2v) is 5.62. The van der Waals surface area contributed by atoms with E-state index in [4.69, 9.17) is 17.3 Å². The summed E-state index contributed by atoms with van der Waals surface area (Å²) >= 11 is 6.00. The second-order valence-electron chi connectivity index (χ2n) is 5.26. The Kier molecular flexibility index (Phi) is 4.37. The summed E-state index contributed by atoms with van der Waals surface area (Å²) in [5.74, 6) is 0.0882. The van der Waals surface area contributed by atoms with Crippen LogP contribution in [0, 0.1) is 5.92 Å². The molecule has 0 saturated heterocycles. The number of amides is 1. The van der Waals surface area contributed by atoms with Gasteiger partial charge >= 0.3 is 0 Å². The molecule has 0 aromatic carbocycles. The number of nitrogens with zero attached hydrogens (tertiary/aromatic N) is 3. The third-order valence-electron chi connectivity index (χ3n) is 3.32. The number of carbonyl (C=O) groups is 1. The number of aromatic nitrogens is 2. The van der Waals surface area contributed by atoms with Crippen LogP contribution in [0.4, 0.5) is 0 Å². The van der Waals surface area contributed by atoms with E-state index in [1.807, 2.05) is 13.8 Å². The lowest BCUT2D eigenvalue weighted by Gasteiger charge is -2.27. The largest absolute Gasteiger partial charge is 0.332 e. The average Bonchev–Trinajstić information content (AvgIpc) is 3.20. The van der Waals surface area contributed by atoms with Crippen LogP contribution in [0.2, 0.25) is 5.15 Å². The SMILES string of the molecule is CC(C)[C@H](N)C(=O)N(Cc1nccnc1Cl)C1CC1. The summed E-state index contributed by atoms with van der Waals surface area (Å²) < 4.78 is 0. The molecule has 0 radical (unpaired) electrons. The molecular weight excluding hydrogens is 264 g/mol. The highest BCUT2D eigenvalue weighted by Gasteiger charge is 2.36. The first-order valence-corrected chi connectivity index (χ1v) is 6.90. The zero-order valence-corrected chi connectivity index (χ0v) is 12.0. The van der Waals surface area contributed by atoms with Gasteiger partial charge in [0, 0.05) is 18.4 Å². The van der Waals surface area contributed by atoms with E-state index in [1.165, 1.54) is 6.20 Å². The molecule has 1 aromatic heterocycles. The maximum absolute atomic E-state index is 12.4. The van der Waals surface area contributed by atoms with Gasteiger partial charge in [-0.3, -0.25) is 9.78 Å². The third-order valence-corrected chi connectivity index (χ3v) is 3.63. The van der Waals surface area contributed by atoms with Gasteiger partial charge in [0.2, 0.25) is 5.91 Å². The summed E-state index contributed by atoms with van der Waals surface area (Å²) in [6.07, 6.45) is 5.16. The fourth-order valence-corrected chi connectivity index (χ4v) is 2.03. The van der Waals surface area contributed by atoms with E-state index in [1.54, 1.807) is 11.1 Å². The zero-order chi connectivity index (χ0) is 14.0. The van der Waals surface area contributed by atoms with Gasteiger partial charge in [0.25, 0.3) is 0 Å². The lowest BCUT2D eigenvalue weighted by Crippen LogP contribution is -2.47. The lowest BCUT2D eigenvalue weighted by atomic mass is 10.0. The van der Waals surface area contributed by atoms with Crippen molar-refractivity contribution in [2.24, 2.45) is 11.7 Å². The molecule has 1 aliphatic rings. The molecule has 0 bridgehead atoms. The van der Waals surface area contributed by atoms with Crippen LogP contribution >= 0.6 is 11.6 Å². The highest BCUT2D eigenvalue weighted by molar-refractivity contribution is 6.29. The van der Waals surface area contributed by atoms with Crippen molar-refractivity contribution in [2.45, 2.75) is 45.3 Å². The molecule has 6 heteroatoms. The van der Waals surface area contributed by atoms with Crippen molar-refractivity contribution in [1.82, 2.24) is 14.9 Å². The molecule has 1 aromatic rings. The first-order valence-electron chi connectivity index (χ1n) is 6.52. The van der Waals surface area contributed by atoms with Crippen molar-refractivity contribution in [3.8, 4) is 0 Å². The molecule has 0 aliphatic heterocycles. The quantitative estimate of drug-likeness (QED) is 0.890. The minimum absolute atomic E-state index is 0.0285. The molecule has 2 N–H and O–H groups in total. The standard InChI is InChI=1S/C13H19ClN4O/c1-8(2)11(15)13(19)18(9-3-4-9)7-10-12(14)17-6-5-16-10/h5-6,8-9,11H,3-4,7,15H2,1-2H3/t11-/m0/s1. The first kappa shape index (κ1) is 14.2. The molecule has 1 fully saturated rings. The van der Waals surface area contributed by atoms with Crippen molar-refractivity contribution in [2.75, 3.05) is 0 Å². The predicted molar refractivity (Wildman–Crippen MR) is 73.4 cm³/mol. The van der Waals surface area contributed by atoms with E-state index >= 15 is 0 Å². The zero-order valence-electron chi connectivity index (χ0n) is 11.2. The van der Waals surface area contributed by atoms with Crippen LogP contribution in [0.5, 0.6) is 0 Å². The minimum Gasteiger partial charge on any atom is -0.332 e. The molecule has 1 saturated carbocycles. The van der Waals surface area contributed by atoms with Gasteiger partial charge in [-0.2, -0.15) is 0 Å². The lowest BCUT2D eigenvalue weighted by molar-refractivity contribution is -0.134. The number of halogens is 1. The number of hydrogen-bond acceptors (Lipinski definition) is 4. The van der Waals surface area contributed by atoms with Gasteiger partial charge in [-0.05, 0) is 18.8 Å². The van der Waals surface area contributed by atoms with Gasteiger partial charge in [-0.1, -0.05) is 25.4 Å². The van der Waals surface area contributed by atoms with Crippen molar-refractivity contribution in [1.29, 1.82) is 0 Å². The van der Waals surface area contributed by atoms with Gasteiger partial charge in [-0.15, -0.1) is 0 Å². The molecule has 2 rings (SSSR count). The normalized spacial score (nSPS) is 16.5. The van der Waals surface area contributed by atoms with E-state index < -0.39 is 6.04 Å². The van der Waals surface area contributed by atoms with Crippen molar-refractivity contribution in [3.63, 3.8) is 0 Å². The molecule has 104 valence electrons. The third kappa shape index (κ3) is 3.42. The maximum atomic E-state index is 12.4. The molecule has 19 heavy (non-hydrogen) atoms. The Morgan fingerprint density at radius 1 is 1.47 bits per heavy atom. The predicted octanol–water partition coefficient (Wildman–Crippen LogP) is 1.60. The first-order chi connectivity index (χ1) is 9.00. The van der Waals surface area contributed by atoms with E-state index in [0.717, 1.165) is 12.8 Å². The highest BCUT2D eigenvalue weighted by atomic mass is 35.5. The topological polar surface area (TPSA) is 72.1 Å². The van der Waals surface area contributed by atoms with Gasteiger partial charge in [0.1, 0.15) is 0 Å². The summed E-state index contributed by atoms with van der Waals surface area (Å²) in [6, 6.07) is -0.202. The van der Waals surface area contributed by atoms with Crippen LogP contribution in [0.1, 0.15) is 32.4 Å². The number of carbonyl (C=O) groups excluding carboxylic acids is 1. The summed E-state index contributed by atoms with van der Waals surface area (Å²) in [5.41, 5.74) is 6.58. The van der Waals surface area contributed by atoms with Crippen LogP contribution in [0.3, 0.4) is 0 Å². The molecule has 1 aliphatic carbocycles. The number of rotatable bonds is 5. The number of nitrogens with two attached hydrogens (primary N) is 1. The molecule has 5 nitrogen and oxygen atoms in total. The Morgan fingerprint density at radius 2 is 2.11 bits per heavy atom. The summed E-state index contributed by atoms with van der Waals surface area (Å²) in [5, 5.41) is 0.346. The monoisotopic (exact) mass is 282 g/mol. The van der Waals surface area contributed by atoms with Crippen LogP contribution in [-0.2, 0) is 11.3 Å². The average molecular weight is 283 g/mol. The Hall–Kier alpha value is -1.20. The molecule has 0 spiro atoms. The molecular formula is C13H19ClN4O. The summed E-state index contributed by atoms with van der Waals surface area (Å²) in [4.78, 5) is 22.4. The second kappa shape index (κ2) is 5.84. The Labute approximate surface area is 118 Å². The van der Waals surface area contributed by atoms with Gasteiger partial charge in [0.05, 0.1) is 18.3 Å². The van der Waals surface area contributed by atoms with Crippen molar-refractivity contribution >= 4 is 17.5 Å². The fraction of sp³-hybridized carbons (Fsp3) is 0.615. The van der Waals surface area contributed by atoms with E-state index in [9.17, 15) is 4.79 Å². The van der Waals surface area contributed by atoms with Crippen LogP contribution in [-0.4, -0.2) is 32.9 Å². The van der Waals surface area contributed by atoms with Gasteiger partial charge in [-0.25, -0.2) is 4.98 Å². The van der Waals surface area contributed by atoms with Crippen LogP contribution in [0.25, 0.3) is 0 Å². The van der Waals surface area contributed by atoms with E-state index in [0.29, 0.717) is 17.4 Å². The smallest absolute Gasteiger partial charge is 0.240 e. The molecule has 1 atom stereocenters. The summed E-state index contributed by atoms with van der Waals surface area (Å²) in [7, 11) is 0.